The number of rotatable bonds is 13. The molecule has 45 heavy (non-hydrogen) atoms. The maximum Gasteiger partial charge on any atom is 0.431 e. The maximum absolute atomic E-state index is 14.2. The molecule has 0 spiro atoms. The molecule has 0 aliphatic rings. The Hall–Kier alpha value is -2.46. The molecular formula is C18H9F14NO8S4. The predicted molar refractivity (Wildman–Crippen MR) is 118 cm³/mol. The van der Waals surface area contributed by atoms with Crippen LogP contribution in [0.15, 0.2) is 57.2 Å². The molecule has 27 heteroatoms. The number of nitrogens with one attached hydrogen (secondary N) is 1. The van der Waals surface area contributed by atoms with E-state index in [0.29, 0.717) is 0 Å². The van der Waals surface area contributed by atoms with Crippen LogP contribution in [-0.4, -0.2) is 64.4 Å². The lowest BCUT2D eigenvalue weighted by Gasteiger charge is -2.37. The standard InChI is InChI=1S/C18H9F14NO8S4/c19-8-1-6-12(11(20)7-8)42-17(29,30)13(21,22)15(25,26)41-16(27,28)14(23,24)18(31,32)45(39,40)33-43(34,35)9-2-4-10(5-3-9)44(36,37)38/h1-7,33H,(H,36,37,38). The van der Waals surface area contributed by atoms with Crippen molar-refractivity contribution < 1.29 is 96.0 Å². The zero-order chi connectivity index (χ0) is 35.5. The minimum Gasteiger partial charge on any atom is -0.282 e. The molecule has 0 heterocycles. The number of ether oxygens (including phenoxy) is 1. The zero-order valence-corrected chi connectivity index (χ0v) is 23.5. The highest BCUT2D eigenvalue weighted by molar-refractivity contribution is 8.05. The van der Waals surface area contributed by atoms with Crippen molar-refractivity contribution in [1.29, 1.82) is 0 Å². The van der Waals surface area contributed by atoms with E-state index in [4.69, 9.17) is 4.55 Å². The van der Waals surface area contributed by atoms with E-state index in [1.54, 1.807) is 4.74 Å². The molecule has 0 saturated carbocycles. The van der Waals surface area contributed by atoms with Gasteiger partial charge in [0, 0.05) is 11.0 Å². The number of benzene rings is 2. The van der Waals surface area contributed by atoms with E-state index in [0.717, 1.165) is 0 Å². The van der Waals surface area contributed by atoms with Gasteiger partial charge >= 0.3 is 34.6 Å². The molecule has 0 fully saturated rings. The van der Waals surface area contributed by atoms with E-state index >= 15 is 0 Å². The monoisotopic (exact) mass is 761 g/mol. The van der Waals surface area contributed by atoms with Crippen LogP contribution in [0.4, 0.5) is 61.5 Å². The minimum atomic E-state index is -8.00. The molecule has 2 N–H and O–H groups in total. The van der Waals surface area contributed by atoms with Gasteiger partial charge in [-0.1, -0.05) is 4.13 Å². The van der Waals surface area contributed by atoms with Crippen LogP contribution >= 0.6 is 11.8 Å². The Morgan fingerprint density at radius 3 is 1.56 bits per heavy atom. The second kappa shape index (κ2) is 11.7. The number of sulfonamides is 2. The lowest BCUT2D eigenvalue weighted by atomic mass is 10.3. The first-order valence-corrected chi connectivity index (χ1v) is 15.4. The third-order valence-electron chi connectivity index (χ3n) is 4.84. The van der Waals surface area contributed by atoms with Crippen molar-refractivity contribution in [2.75, 3.05) is 0 Å². The van der Waals surface area contributed by atoms with Crippen LogP contribution in [0.3, 0.4) is 0 Å². The summed E-state index contributed by atoms with van der Waals surface area (Å²) in [5, 5.41) is -14.2. The van der Waals surface area contributed by atoms with Crippen molar-refractivity contribution >= 4 is 41.9 Å². The molecule has 0 bridgehead atoms. The fourth-order valence-electron chi connectivity index (χ4n) is 2.59. The molecular weight excluding hydrogens is 752 g/mol. The van der Waals surface area contributed by atoms with Gasteiger partial charge in [0.15, 0.2) is 0 Å². The first-order chi connectivity index (χ1) is 19.8. The van der Waals surface area contributed by atoms with Gasteiger partial charge in [0.2, 0.25) is 0 Å². The van der Waals surface area contributed by atoms with Crippen LogP contribution in [0.25, 0.3) is 0 Å². The maximum atomic E-state index is 14.2. The number of alkyl halides is 12. The summed E-state index contributed by atoms with van der Waals surface area (Å²) in [5.74, 6) is -19.1. The van der Waals surface area contributed by atoms with Crippen LogP contribution in [0, 0.1) is 11.6 Å². The van der Waals surface area contributed by atoms with Gasteiger partial charge in [-0.25, -0.2) is 30.4 Å². The summed E-state index contributed by atoms with van der Waals surface area (Å²) in [5.41, 5.74) is 0. The Labute approximate surface area is 245 Å². The van der Waals surface area contributed by atoms with Gasteiger partial charge < -0.3 is 0 Å². The molecule has 2 rings (SSSR count). The molecule has 0 radical (unpaired) electrons. The van der Waals surface area contributed by atoms with Gasteiger partial charge in [0.05, 0.1) is 9.79 Å². The first-order valence-electron chi connectivity index (χ1n) is 10.2. The second-order valence-electron chi connectivity index (χ2n) is 8.03. The van der Waals surface area contributed by atoms with Crippen LogP contribution < -0.4 is 4.13 Å². The summed E-state index contributed by atoms with van der Waals surface area (Å²) in [7, 11) is -19.0. The summed E-state index contributed by atoms with van der Waals surface area (Å²) in [6.07, 6.45) is -15.5. The molecule has 0 aliphatic heterocycles. The number of halogens is 14. The summed E-state index contributed by atoms with van der Waals surface area (Å²) < 4.78 is 274. The average Bonchev–Trinajstić information content (AvgIpc) is 2.83. The Morgan fingerprint density at radius 2 is 1.11 bits per heavy atom. The number of hydrogen-bond acceptors (Lipinski definition) is 8. The largest absolute Gasteiger partial charge is 0.431 e. The third kappa shape index (κ3) is 7.27. The highest BCUT2D eigenvalue weighted by Crippen LogP contribution is 2.58. The van der Waals surface area contributed by atoms with Gasteiger partial charge in [-0.05, 0) is 48.2 Å². The summed E-state index contributed by atoms with van der Waals surface area (Å²) in [4.78, 5) is -4.46. The van der Waals surface area contributed by atoms with Crippen LogP contribution in [0.2, 0.25) is 0 Å². The Morgan fingerprint density at radius 1 is 0.667 bits per heavy atom. The van der Waals surface area contributed by atoms with Crippen molar-refractivity contribution in [1.82, 2.24) is 4.13 Å². The van der Waals surface area contributed by atoms with E-state index < -0.39 is 103 Å². The zero-order valence-electron chi connectivity index (χ0n) is 20.3. The van der Waals surface area contributed by atoms with Crippen LogP contribution in [-0.2, 0) is 34.9 Å². The van der Waals surface area contributed by atoms with Crippen molar-refractivity contribution in [2.45, 2.75) is 49.3 Å². The lowest BCUT2D eigenvalue weighted by Crippen LogP contribution is -2.65. The van der Waals surface area contributed by atoms with Crippen molar-refractivity contribution in [3.63, 3.8) is 0 Å². The SMILES string of the molecule is O=S(=O)(O)c1ccc(S(=O)(=O)NS(=O)(=O)C(F)(F)C(F)(F)C(F)(F)OC(F)(F)C(F)(F)C(F)(F)Sc2ccc(F)cc2F)cc1. The number of thioether (sulfide) groups is 1. The van der Waals surface area contributed by atoms with Crippen molar-refractivity contribution in [2.24, 2.45) is 0 Å². The third-order valence-corrected chi connectivity index (χ3v) is 10.4. The van der Waals surface area contributed by atoms with Gasteiger partial charge in [-0.2, -0.15) is 61.1 Å². The smallest absolute Gasteiger partial charge is 0.282 e. The fourth-order valence-corrected chi connectivity index (χ4v) is 6.80. The quantitative estimate of drug-likeness (QED) is 0.159. The van der Waals surface area contributed by atoms with Crippen LogP contribution in [0.1, 0.15) is 0 Å². The highest BCUT2D eigenvalue weighted by atomic mass is 32.3. The van der Waals surface area contributed by atoms with Crippen LogP contribution in [0.5, 0.6) is 0 Å². The highest BCUT2D eigenvalue weighted by Gasteiger charge is 2.84. The first kappa shape index (κ1) is 38.7. The van der Waals surface area contributed by atoms with Gasteiger partial charge in [-0.3, -0.25) is 4.55 Å². The van der Waals surface area contributed by atoms with E-state index in [-0.39, 0.29) is 46.6 Å². The van der Waals surface area contributed by atoms with Gasteiger partial charge in [0.1, 0.15) is 11.6 Å². The summed E-state index contributed by atoms with van der Waals surface area (Å²) >= 11 is -1.92. The lowest BCUT2D eigenvalue weighted by molar-refractivity contribution is -0.489. The van der Waals surface area contributed by atoms with Gasteiger partial charge in [0.25, 0.3) is 30.2 Å². The average molecular weight is 762 g/mol. The van der Waals surface area contributed by atoms with E-state index in [2.05, 4.69) is 0 Å². The van der Waals surface area contributed by atoms with E-state index in [9.17, 15) is 86.7 Å². The molecule has 2 aromatic rings. The Balaban J connectivity index is 2.44. The minimum absolute atomic E-state index is 0.0353. The molecule has 0 saturated heterocycles. The Bertz CT molecular complexity index is 1770. The normalized spacial score (nSPS) is 14.9. The van der Waals surface area contributed by atoms with E-state index in [1.165, 1.54) is 0 Å². The van der Waals surface area contributed by atoms with Gasteiger partial charge in [-0.15, -0.1) is 0 Å². The summed E-state index contributed by atoms with van der Waals surface area (Å²) in [6.45, 7) is 0. The van der Waals surface area contributed by atoms with Crippen molar-refractivity contribution in [3.8, 4) is 0 Å². The topological polar surface area (TPSA) is 144 Å². The fraction of sp³-hybridized carbons (Fsp3) is 0.333. The molecule has 0 amide bonds. The second-order valence-corrected chi connectivity index (χ2v) is 14.3. The molecule has 9 nitrogen and oxygen atoms in total. The molecule has 0 atom stereocenters. The molecule has 0 aromatic heterocycles. The Kier molecular flexibility index (Phi) is 10.0. The van der Waals surface area contributed by atoms with Crippen molar-refractivity contribution in [3.05, 3.63) is 54.1 Å². The van der Waals surface area contributed by atoms with E-state index in [1.807, 2.05) is 0 Å². The molecule has 0 unspecified atom stereocenters. The number of hydrogen-bond donors (Lipinski definition) is 2. The predicted octanol–water partition coefficient (Wildman–Crippen LogP) is 5.27. The molecule has 0 aliphatic carbocycles. The molecule has 256 valence electrons. The molecule has 2 aromatic carbocycles. The summed E-state index contributed by atoms with van der Waals surface area (Å²) in [6, 6.07) is 0.245.